The van der Waals surface area contributed by atoms with Crippen molar-refractivity contribution in [3.63, 3.8) is 0 Å². The molecule has 0 bridgehead atoms. The number of aromatic nitrogens is 2. The number of fused-ring (bicyclic) bond motifs is 1. The fraction of sp³-hybridized carbons (Fsp3) is 0.250. The first-order valence-corrected chi connectivity index (χ1v) is 5.00. The van der Waals surface area contributed by atoms with Crippen molar-refractivity contribution in [2.75, 3.05) is 0 Å². The molecule has 0 saturated carbocycles. The van der Waals surface area contributed by atoms with Gasteiger partial charge in [0.25, 0.3) is 0 Å². The summed E-state index contributed by atoms with van der Waals surface area (Å²) in [6, 6.07) is 9.20. The average molecular weight is 184 g/mol. The minimum absolute atomic E-state index is 0.508. The van der Waals surface area contributed by atoms with Gasteiger partial charge in [0, 0.05) is 12.4 Å². The van der Waals surface area contributed by atoms with Crippen LogP contribution in [0.25, 0.3) is 0 Å². The lowest BCUT2D eigenvalue weighted by Gasteiger charge is -2.12. The van der Waals surface area contributed by atoms with Gasteiger partial charge in [-0.05, 0) is 24.0 Å². The highest BCUT2D eigenvalue weighted by atomic mass is 15.1. The van der Waals surface area contributed by atoms with Gasteiger partial charge in [-0.15, -0.1) is 0 Å². The standard InChI is InChI=1S/C12H12N2/c1-2-4-11-10(3-1)5-6-12(11)14-8-7-13-9-14/h1-4,7-9,12H,5-6H2. The van der Waals surface area contributed by atoms with Gasteiger partial charge in [-0.25, -0.2) is 4.98 Å². The third-order valence-electron chi connectivity index (χ3n) is 2.99. The highest BCUT2D eigenvalue weighted by Gasteiger charge is 2.22. The molecule has 0 amide bonds. The lowest BCUT2D eigenvalue weighted by atomic mass is 10.1. The Bertz CT molecular complexity index is 431. The smallest absolute Gasteiger partial charge is 0.0951 e. The molecule has 0 aliphatic heterocycles. The monoisotopic (exact) mass is 184 g/mol. The molecule has 2 heteroatoms. The number of hydrogen-bond donors (Lipinski definition) is 0. The molecule has 0 radical (unpaired) electrons. The van der Waals surface area contributed by atoms with Crippen molar-refractivity contribution in [3.8, 4) is 0 Å². The van der Waals surface area contributed by atoms with Gasteiger partial charge in [0.2, 0.25) is 0 Å². The van der Waals surface area contributed by atoms with Crippen molar-refractivity contribution in [3.05, 3.63) is 54.1 Å². The van der Waals surface area contributed by atoms with Crippen molar-refractivity contribution in [1.29, 1.82) is 0 Å². The van der Waals surface area contributed by atoms with Gasteiger partial charge in [0.05, 0.1) is 12.4 Å². The van der Waals surface area contributed by atoms with Gasteiger partial charge in [0.15, 0.2) is 0 Å². The number of benzene rings is 1. The molecule has 0 spiro atoms. The van der Waals surface area contributed by atoms with Crippen LogP contribution in [0.1, 0.15) is 23.6 Å². The average Bonchev–Trinajstić information content (AvgIpc) is 2.85. The summed E-state index contributed by atoms with van der Waals surface area (Å²) in [4.78, 5) is 4.10. The molecule has 1 aromatic heterocycles. The molecule has 1 unspecified atom stereocenters. The van der Waals surface area contributed by atoms with Crippen molar-refractivity contribution in [2.45, 2.75) is 18.9 Å². The van der Waals surface area contributed by atoms with Crippen molar-refractivity contribution < 1.29 is 0 Å². The maximum absolute atomic E-state index is 4.10. The number of nitrogens with zero attached hydrogens (tertiary/aromatic N) is 2. The summed E-state index contributed by atoms with van der Waals surface area (Å²) in [7, 11) is 0. The normalized spacial score (nSPS) is 19.6. The second-order valence-corrected chi connectivity index (χ2v) is 3.76. The predicted octanol–water partition coefficient (Wildman–Crippen LogP) is 2.42. The van der Waals surface area contributed by atoms with Crippen LogP contribution in [-0.2, 0) is 6.42 Å². The molecule has 14 heavy (non-hydrogen) atoms. The fourth-order valence-corrected chi connectivity index (χ4v) is 2.30. The van der Waals surface area contributed by atoms with E-state index in [2.05, 4.69) is 33.8 Å². The van der Waals surface area contributed by atoms with Crippen LogP contribution in [0.5, 0.6) is 0 Å². The van der Waals surface area contributed by atoms with Gasteiger partial charge < -0.3 is 4.57 Å². The number of aryl methyl sites for hydroxylation is 1. The molecule has 3 rings (SSSR count). The molecule has 1 aliphatic rings. The molecule has 0 fully saturated rings. The van der Waals surface area contributed by atoms with E-state index in [0.717, 1.165) is 0 Å². The Balaban J connectivity index is 2.06. The summed E-state index contributed by atoms with van der Waals surface area (Å²) in [5.41, 5.74) is 2.96. The van der Waals surface area contributed by atoms with E-state index in [1.54, 1.807) is 0 Å². The number of rotatable bonds is 1. The van der Waals surface area contributed by atoms with E-state index in [9.17, 15) is 0 Å². The maximum Gasteiger partial charge on any atom is 0.0951 e. The van der Waals surface area contributed by atoms with Crippen LogP contribution < -0.4 is 0 Å². The minimum atomic E-state index is 0.508. The Morgan fingerprint density at radius 1 is 1.29 bits per heavy atom. The molecule has 1 aliphatic carbocycles. The Kier molecular flexibility index (Phi) is 1.66. The van der Waals surface area contributed by atoms with Crippen LogP contribution in [0.4, 0.5) is 0 Å². The Hall–Kier alpha value is -1.57. The summed E-state index contributed by atoms with van der Waals surface area (Å²) in [6.07, 6.45) is 8.20. The summed E-state index contributed by atoms with van der Waals surface area (Å²) in [5.74, 6) is 0. The first kappa shape index (κ1) is 7.80. The van der Waals surface area contributed by atoms with Crippen LogP contribution >= 0.6 is 0 Å². The highest BCUT2D eigenvalue weighted by Crippen LogP contribution is 2.33. The van der Waals surface area contributed by atoms with Crippen LogP contribution in [0.15, 0.2) is 43.0 Å². The summed E-state index contributed by atoms with van der Waals surface area (Å²) in [6.45, 7) is 0. The van der Waals surface area contributed by atoms with Gasteiger partial charge in [-0.2, -0.15) is 0 Å². The van der Waals surface area contributed by atoms with E-state index in [-0.39, 0.29) is 0 Å². The largest absolute Gasteiger partial charge is 0.330 e. The van der Waals surface area contributed by atoms with Gasteiger partial charge in [-0.3, -0.25) is 0 Å². The van der Waals surface area contributed by atoms with E-state index in [1.165, 1.54) is 24.0 Å². The van der Waals surface area contributed by atoms with E-state index < -0.39 is 0 Å². The molecule has 1 aromatic carbocycles. The Morgan fingerprint density at radius 3 is 3.07 bits per heavy atom. The molecule has 0 N–H and O–H groups in total. The number of hydrogen-bond acceptors (Lipinski definition) is 1. The molecule has 2 aromatic rings. The van der Waals surface area contributed by atoms with E-state index >= 15 is 0 Å². The zero-order valence-electron chi connectivity index (χ0n) is 7.93. The molecule has 2 nitrogen and oxygen atoms in total. The second kappa shape index (κ2) is 2.98. The predicted molar refractivity (Wildman–Crippen MR) is 55.1 cm³/mol. The first-order valence-electron chi connectivity index (χ1n) is 5.00. The molecule has 1 heterocycles. The zero-order valence-corrected chi connectivity index (χ0v) is 7.93. The summed E-state index contributed by atoms with van der Waals surface area (Å²) >= 11 is 0. The molecule has 70 valence electrons. The van der Waals surface area contributed by atoms with E-state index in [0.29, 0.717) is 6.04 Å². The molecule has 0 saturated heterocycles. The zero-order chi connectivity index (χ0) is 9.38. The lowest BCUT2D eigenvalue weighted by molar-refractivity contribution is 0.579. The lowest BCUT2D eigenvalue weighted by Crippen LogP contribution is -2.04. The maximum atomic E-state index is 4.10. The Labute approximate surface area is 83.2 Å². The van der Waals surface area contributed by atoms with E-state index in [4.69, 9.17) is 0 Å². The van der Waals surface area contributed by atoms with Crippen LogP contribution in [-0.4, -0.2) is 9.55 Å². The van der Waals surface area contributed by atoms with Gasteiger partial charge >= 0.3 is 0 Å². The summed E-state index contributed by atoms with van der Waals surface area (Å²) in [5, 5.41) is 0. The van der Waals surface area contributed by atoms with E-state index in [1.807, 2.05) is 18.7 Å². The van der Waals surface area contributed by atoms with Crippen molar-refractivity contribution in [2.24, 2.45) is 0 Å². The summed E-state index contributed by atoms with van der Waals surface area (Å²) < 4.78 is 2.20. The second-order valence-electron chi connectivity index (χ2n) is 3.76. The number of imidazole rings is 1. The first-order chi connectivity index (χ1) is 6.95. The topological polar surface area (TPSA) is 17.8 Å². The van der Waals surface area contributed by atoms with Crippen LogP contribution in [0.2, 0.25) is 0 Å². The highest BCUT2D eigenvalue weighted by molar-refractivity contribution is 5.34. The van der Waals surface area contributed by atoms with Crippen molar-refractivity contribution >= 4 is 0 Å². The minimum Gasteiger partial charge on any atom is -0.330 e. The van der Waals surface area contributed by atoms with Gasteiger partial charge in [0.1, 0.15) is 0 Å². The molecular formula is C12H12N2. The van der Waals surface area contributed by atoms with Crippen molar-refractivity contribution in [1.82, 2.24) is 9.55 Å². The third-order valence-corrected chi connectivity index (χ3v) is 2.99. The third kappa shape index (κ3) is 1.07. The van der Waals surface area contributed by atoms with Gasteiger partial charge in [-0.1, -0.05) is 24.3 Å². The van der Waals surface area contributed by atoms with Crippen LogP contribution in [0.3, 0.4) is 0 Å². The SMILES string of the molecule is c1ccc2c(c1)CCC2n1ccnc1. The Morgan fingerprint density at radius 2 is 2.21 bits per heavy atom. The van der Waals surface area contributed by atoms with Crippen LogP contribution in [0, 0.1) is 0 Å². The molecule has 1 atom stereocenters. The fourth-order valence-electron chi connectivity index (χ4n) is 2.30. The molecular weight excluding hydrogens is 172 g/mol. The quantitative estimate of drug-likeness (QED) is 0.665.